The lowest BCUT2D eigenvalue weighted by Gasteiger charge is -2.36. The van der Waals surface area contributed by atoms with Crippen molar-refractivity contribution in [3.63, 3.8) is 0 Å². The van der Waals surface area contributed by atoms with E-state index in [9.17, 15) is 0 Å². The van der Waals surface area contributed by atoms with Gasteiger partial charge >= 0.3 is 0 Å². The van der Waals surface area contributed by atoms with Crippen LogP contribution in [-0.4, -0.2) is 47.5 Å². The summed E-state index contributed by atoms with van der Waals surface area (Å²) in [5, 5.41) is 11.5. The van der Waals surface area contributed by atoms with E-state index in [0.717, 1.165) is 51.3 Å². The van der Waals surface area contributed by atoms with Gasteiger partial charge in [0, 0.05) is 32.6 Å². The van der Waals surface area contributed by atoms with Crippen LogP contribution in [0, 0.1) is 0 Å². The zero-order valence-electron chi connectivity index (χ0n) is 10.8. The van der Waals surface area contributed by atoms with Crippen LogP contribution in [-0.2, 0) is 16.0 Å². The van der Waals surface area contributed by atoms with Crippen LogP contribution >= 0.6 is 0 Å². The zero-order chi connectivity index (χ0) is 12.4. The van der Waals surface area contributed by atoms with Gasteiger partial charge in [0.05, 0.1) is 30.1 Å². The van der Waals surface area contributed by atoms with Gasteiger partial charge in [-0.1, -0.05) is 5.21 Å². The molecule has 0 amide bonds. The Bertz CT molecular complexity index is 401. The van der Waals surface area contributed by atoms with Gasteiger partial charge < -0.3 is 14.8 Å². The van der Waals surface area contributed by atoms with Gasteiger partial charge in [-0.05, 0) is 13.5 Å². The third-order valence-electron chi connectivity index (χ3n) is 3.82. The fourth-order valence-corrected chi connectivity index (χ4v) is 2.84. The molecule has 2 aliphatic heterocycles. The summed E-state index contributed by atoms with van der Waals surface area (Å²) in [7, 11) is 1.92. The number of aromatic nitrogens is 3. The minimum absolute atomic E-state index is 0.0714. The van der Waals surface area contributed by atoms with Crippen molar-refractivity contribution in [2.45, 2.75) is 37.5 Å². The highest BCUT2D eigenvalue weighted by Crippen LogP contribution is 2.37. The summed E-state index contributed by atoms with van der Waals surface area (Å²) in [4.78, 5) is 0. The van der Waals surface area contributed by atoms with Gasteiger partial charge in [-0.2, -0.15) is 0 Å². The van der Waals surface area contributed by atoms with Gasteiger partial charge in [-0.25, -0.2) is 4.68 Å². The van der Waals surface area contributed by atoms with E-state index in [4.69, 9.17) is 9.47 Å². The Balaban J connectivity index is 1.71. The molecule has 0 aromatic carbocycles. The predicted molar refractivity (Wildman–Crippen MR) is 65.2 cm³/mol. The molecule has 1 aromatic heterocycles. The molecule has 2 fully saturated rings. The molecule has 2 atom stereocenters. The summed E-state index contributed by atoms with van der Waals surface area (Å²) in [5.74, 6) is 0. The van der Waals surface area contributed by atoms with Crippen molar-refractivity contribution in [1.82, 2.24) is 20.3 Å². The first-order valence-electron chi connectivity index (χ1n) is 6.58. The van der Waals surface area contributed by atoms with Crippen molar-refractivity contribution in [2.75, 3.05) is 26.9 Å². The number of hydrogen-bond donors (Lipinski definition) is 1. The van der Waals surface area contributed by atoms with Crippen molar-refractivity contribution in [1.29, 1.82) is 0 Å². The first kappa shape index (κ1) is 12.1. The second kappa shape index (κ2) is 4.95. The quantitative estimate of drug-likeness (QED) is 0.849. The molecule has 2 unspecified atom stereocenters. The second-order valence-corrected chi connectivity index (χ2v) is 5.20. The van der Waals surface area contributed by atoms with Crippen molar-refractivity contribution in [3.8, 4) is 0 Å². The Hall–Kier alpha value is -0.980. The summed E-state index contributed by atoms with van der Waals surface area (Å²) in [6.45, 7) is 3.09. The molecule has 18 heavy (non-hydrogen) atoms. The number of nitrogens with zero attached hydrogens (tertiary/aromatic N) is 3. The van der Waals surface area contributed by atoms with E-state index in [1.807, 2.05) is 17.9 Å². The van der Waals surface area contributed by atoms with E-state index < -0.39 is 0 Å². The van der Waals surface area contributed by atoms with E-state index in [2.05, 4.69) is 15.6 Å². The Kier molecular flexibility index (Phi) is 3.32. The third kappa shape index (κ3) is 2.28. The first-order chi connectivity index (χ1) is 8.81. The molecule has 0 radical (unpaired) electrons. The van der Waals surface area contributed by atoms with E-state index in [-0.39, 0.29) is 5.60 Å². The summed E-state index contributed by atoms with van der Waals surface area (Å²) in [6, 6.07) is 0.388. The van der Waals surface area contributed by atoms with Crippen LogP contribution in [0.3, 0.4) is 0 Å². The molecule has 3 heterocycles. The number of rotatable bonds is 3. The van der Waals surface area contributed by atoms with Crippen molar-refractivity contribution >= 4 is 0 Å². The van der Waals surface area contributed by atoms with E-state index in [1.165, 1.54) is 0 Å². The van der Waals surface area contributed by atoms with Crippen LogP contribution in [0.2, 0.25) is 0 Å². The predicted octanol–water partition coefficient (Wildman–Crippen LogP) is 0.508. The molecule has 1 aromatic rings. The Labute approximate surface area is 107 Å². The highest BCUT2D eigenvalue weighted by atomic mass is 16.6. The molecule has 0 bridgehead atoms. The fourth-order valence-electron chi connectivity index (χ4n) is 2.84. The van der Waals surface area contributed by atoms with Crippen LogP contribution in [0.4, 0.5) is 0 Å². The van der Waals surface area contributed by atoms with Gasteiger partial charge in [0.1, 0.15) is 0 Å². The topological polar surface area (TPSA) is 61.2 Å². The molecule has 0 saturated carbocycles. The van der Waals surface area contributed by atoms with Crippen LogP contribution in [0.15, 0.2) is 6.20 Å². The third-order valence-corrected chi connectivity index (χ3v) is 3.82. The highest BCUT2D eigenvalue weighted by molar-refractivity contribution is 4.96. The van der Waals surface area contributed by atoms with Crippen molar-refractivity contribution in [2.24, 2.45) is 0 Å². The Morgan fingerprint density at radius 1 is 1.56 bits per heavy atom. The lowest BCUT2D eigenvalue weighted by molar-refractivity contribution is -0.0964. The molecule has 6 nitrogen and oxygen atoms in total. The zero-order valence-corrected chi connectivity index (χ0v) is 10.8. The lowest BCUT2D eigenvalue weighted by Crippen LogP contribution is -2.41. The van der Waals surface area contributed by atoms with Gasteiger partial charge in [-0.3, -0.25) is 0 Å². The van der Waals surface area contributed by atoms with Crippen LogP contribution in [0.5, 0.6) is 0 Å². The van der Waals surface area contributed by atoms with Gasteiger partial charge in [0.2, 0.25) is 0 Å². The summed E-state index contributed by atoms with van der Waals surface area (Å²) in [5.41, 5.74) is 0.915. The Morgan fingerprint density at radius 3 is 3.28 bits per heavy atom. The largest absolute Gasteiger partial charge is 0.378 e. The number of ether oxygens (including phenoxy) is 2. The van der Waals surface area contributed by atoms with Crippen LogP contribution in [0.1, 0.15) is 31.0 Å². The number of nitrogens with one attached hydrogen (secondary N) is 1. The molecule has 3 rings (SSSR count). The standard InChI is InChI=1S/C12H20N4O2/c1-13-7-10-8-16(15-14-10)11-2-4-18-12(6-11)3-5-17-9-12/h8,11,13H,2-7,9H2,1H3. The van der Waals surface area contributed by atoms with Gasteiger partial charge in [0.15, 0.2) is 0 Å². The fraction of sp³-hybridized carbons (Fsp3) is 0.833. The molecule has 6 heteroatoms. The SMILES string of the molecule is CNCc1cn(C2CCOC3(CCOC3)C2)nn1. The Morgan fingerprint density at radius 2 is 2.50 bits per heavy atom. The van der Waals surface area contributed by atoms with Gasteiger partial charge in [-0.15, -0.1) is 5.10 Å². The molecule has 1 N–H and O–H groups in total. The molecule has 100 valence electrons. The van der Waals surface area contributed by atoms with E-state index in [1.54, 1.807) is 0 Å². The average Bonchev–Trinajstić information content (AvgIpc) is 3.00. The molecule has 2 saturated heterocycles. The van der Waals surface area contributed by atoms with E-state index in [0.29, 0.717) is 6.04 Å². The van der Waals surface area contributed by atoms with Crippen molar-refractivity contribution < 1.29 is 9.47 Å². The highest BCUT2D eigenvalue weighted by Gasteiger charge is 2.41. The second-order valence-electron chi connectivity index (χ2n) is 5.20. The first-order valence-corrected chi connectivity index (χ1v) is 6.58. The number of hydrogen-bond acceptors (Lipinski definition) is 5. The summed E-state index contributed by atoms with van der Waals surface area (Å²) in [6.07, 6.45) is 5.02. The maximum Gasteiger partial charge on any atom is 0.0964 e. The monoisotopic (exact) mass is 252 g/mol. The molecular formula is C12H20N4O2. The smallest absolute Gasteiger partial charge is 0.0964 e. The van der Waals surface area contributed by atoms with E-state index >= 15 is 0 Å². The maximum absolute atomic E-state index is 5.93. The maximum atomic E-state index is 5.93. The normalized spacial score (nSPS) is 32.2. The molecule has 0 aliphatic carbocycles. The van der Waals surface area contributed by atoms with Crippen molar-refractivity contribution in [3.05, 3.63) is 11.9 Å². The minimum atomic E-state index is -0.0714. The molecule has 1 spiro atoms. The van der Waals surface area contributed by atoms with Crippen LogP contribution < -0.4 is 5.32 Å². The average molecular weight is 252 g/mol. The van der Waals surface area contributed by atoms with Gasteiger partial charge in [0.25, 0.3) is 0 Å². The van der Waals surface area contributed by atoms with Crippen LogP contribution in [0.25, 0.3) is 0 Å². The molecular weight excluding hydrogens is 232 g/mol. The summed E-state index contributed by atoms with van der Waals surface area (Å²) < 4.78 is 13.4. The minimum Gasteiger partial charge on any atom is -0.378 e. The summed E-state index contributed by atoms with van der Waals surface area (Å²) >= 11 is 0. The lowest BCUT2D eigenvalue weighted by atomic mass is 9.90. The molecule has 2 aliphatic rings.